The first-order valence-corrected chi connectivity index (χ1v) is 9.29. The van der Waals surface area contributed by atoms with Crippen molar-refractivity contribution in [1.29, 1.82) is 0 Å². The van der Waals surface area contributed by atoms with Gasteiger partial charge < -0.3 is 5.32 Å². The van der Waals surface area contributed by atoms with Gasteiger partial charge in [0.15, 0.2) is 0 Å². The van der Waals surface area contributed by atoms with E-state index in [0.717, 1.165) is 6.54 Å². The van der Waals surface area contributed by atoms with Gasteiger partial charge in [-0.1, -0.05) is 45.7 Å². The van der Waals surface area contributed by atoms with Crippen molar-refractivity contribution in [3.05, 3.63) is 33.6 Å². The van der Waals surface area contributed by atoms with E-state index < -0.39 is 0 Å². The lowest BCUT2D eigenvalue weighted by Crippen LogP contribution is -2.28. The highest BCUT2D eigenvalue weighted by Gasteiger charge is 2.22. The molecule has 0 amide bonds. The summed E-state index contributed by atoms with van der Waals surface area (Å²) < 4.78 is 2.58. The molecule has 1 unspecified atom stereocenters. The second-order valence-corrected chi connectivity index (χ2v) is 7.05. The zero-order chi connectivity index (χ0) is 14.5. The van der Waals surface area contributed by atoms with Crippen molar-refractivity contribution >= 4 is 37.4 Å². The van der Waals surface area contributed by atoms with Crippen molar-refractivity contribution in [2.75, 3.05) is 6.54 Å². The van der Waals surface area contributed by atoms with Crippen LogP contribution in [0.5, 0.6) is 0 Å². The number of thiophene rings is 1. The van der Waals surface area contributed by atoms with Gasteiger partial charge in [0.1, 0.15) is 0 Å². The normalized spacial score (nSPS) is 13.2. The summed E-state index contributed by atoms with van der Waals surface area (Å²) in [5, 5.41) is 7.53. The van der Waals surface area contributed by atoms with E-state index in [2.05, 4.69) is 65.6 Å². The largest absolute Gasteiger partial charge is 0.310 e. The lowest BCUT2D eigenvalue weighted by atomic mass is 9.88. The topological polar surface area (TPSA) is 12.0 Å². The molecule has 0 aliphatic carbocycles. The molecule has 0 aliphatic heterocycles. The fourth-order valence-corrected chi connectivity index (χ4v) is 4.53. The number of nitrogens with one attached hydrogen (secondary N) is 1. The third-order valence-corrected chi connectivity index (χ3v) is 6.02. The molecule has 1 N–H and O–H groups in total. The van der Waals surface area contributed by atoms with Crippen LogP contribution in [0.4, 0.5) is 0 Å². The molecule has 3 heteroatoms. The maximum atomic E-state index is 3.78. The van der Waals surface area contributed by atoms with Crippen molar-refractivity contribution in [2.45, 2.75) is 46.1 Å². The second-order valence-electron chi connectivity index (χ2n) is 5.32. The molecule has 0 saturated heterocycles. The molecule has 2 rings (SSSR count). The van der Waals surface area contributed by atoms with E-state index in [1.807, 2.05) is 11.3 Å². The Morgan fingerprint density at radius 2 is 1.95 bits per heavy atom. The average Bonchev–Trinajstić information content (AvgIpc) is 2.89. The van der Waals surface area contributed by atoms with Gasteiger partial charge in [0.2, 0.25) is 0 Å². The van der Waals surface area contributed by atoms with E-state index >= 15 is 0 Å². The Morgan fingerprint density at radius 3 is 2.60 bits per heavy atom. The predicted molar refractivity (Wildman–Crippen MR) is 94.6 cm³/mol. The molecule has 0 fully saturated rings. The third kappa shape index (κ3) is 3.26. The standard InChI is InChI=1S/C17H24BrNS/c1-4-10-19-16(12(5-2)6-3)14-11-20-17-13(14)8-7-9-15(17)18/h7-9,11-12,16,19H,4-6,10H2,1-3H3. The van der Waals surface area contributed by atoms with E-state index in [1.54, 1.807) is 0 Å². The smallest absolute Gasteiger partial charge is 0.0488 e. The number of rotatable bonds is 7. The molecule has 1 aromatic carbocycles. The SMILES string of the molecule is CCCNC(c1csc2c(Br)cccc12)C(CC)CC. The van der Waals surface area contributed by atoms with Gasteiger partial charge >= 0.3 is 0 Å². The van der Waals surface area contributed by atoms with Crippen molar-refractivity contribution in [2.24, 2.45) is 5.92 Å². The highest BCUT2D eigenvalue weighted by Crippen LogP contribution is 2.38. The Balaban J connectivity index is 2.42. The van der Waals surface area contributed by atoms with Crippen LogP contribution >= 0.6 is 27.3 Å². The molecular weight excluding hydrogens is 330 g/mol. The van der Waals surface area contributed by atoms with Gasteiger partial charge in [-0.2, -0.15) is 0 Å². The highest BCUT2D eigenvalue weighted by atomic mass is 79.9. The van der Waals surface area contributed by atoms with Gasteiger partial charge in [-0.15, -0.1) is 11.3 Å². The molecule has 0 radical (unpaired) electrons. The van der Waals surface area contributed by atoms with E-state index in [4.69, 9.17) is 0 Å². The lowest BCUT2D eigenvalue weighted by molar-refractivity contribution is 0.344. The fraction of sp³-hybridized carbons (Fsp3) is 0.529. The Labute approximate surface area is 134 Å². The van der Waals surface area contributed by atoms with Gasteiger partial charge in [0.25, 0.3) is 0 Å². The lowest BCUT2D eigenvalue weighted by Gasteiger charge is -2.26. The van der Waals surface area contributed by atoms with Gasteiger partial charge in [-0.25, -0.2) is 0 Å². The minimum atomic E-state index is 0.480. The summed E-state index contributed by atoms with van der Waals surface area (Å²) in [7, 11) is 0. The summed E-state index contributed by atoms with van der Waals surface area (Å²) in [5.41, 5.74) is 1.48. The van der Waals surface area contributed by atoms with Crippen LogP contribution in [0.2, 0.25) is 0 Å². The molecule has 1 nitrogen and oxygen atoms in total. The number of hydrogen-bond acceptors (Lipinski definition) is 2. The number of fused-ring (bicyclic) bond motifs is 1. The quantitative estimate of drug-likeness (QED) is 0.630. The van der Waals surface area contributed by atoms with Crippen LogP contribution in [0.25, 0.3) is 10.1 Å². The third-order valence-electron chi connectivity index (χ3n) is 4.05. The van der Waals surface area contributed by atoms with Crippen LogP contribution in [0.1, 0.15) is 51.6 Å². The summed E-state index contributed by atoms with van der Waals surface area (Å²) >= 11 is 5.53. The molecule has 1 atom stereocenters. The van der Waals surface area contributed by atoms with Gasteiger partial charge in [0, 0.05) is 15.2 Å². The molecule has 0 aliphatic rings. The summed E-state index contributed by atoms with van der Waals surface area (Å²) in [6, 6.07) is 7.02. The maximum absolute atomic E-state index is 3.78. The van der Waals surface area contributed by atoms with Crippen LogP contribution in [0, 0.1) is 5.92 Å². The molecule has 0 saturated carbocycles. The first-order chi connectivity index (χ1) is 9.72. The first-order valence-electron chi connectivity index (χ1n) is 7.61. The summed E-state index contributed by atoms with van der Waals surface area (Å²) in [6.07, 6.45) is 3.63. The van der Waals surface area contributed by atoms with E-state index in [-0.39, 0.29) is 0 Å². The van der Waals surface area contributed by atoms with Crippen LogP contribution in [-0.4, -0.2) is 6.54 Å². The number of halogens is 1. The molecule has 0 bridgehead atoms. The predicted octanol–water partition coefficient (Wildman–Crippen LogP) is 6.14. The van der Waals surface area contributed by atoms with Crippen LogP contribution in [-0.2, 0) is 0 Å². The molecule has 110 valence electrons. The summed E-state index contributed by atoms with van der Waals surface area (Å²) in [5.74, 6) is 0.707. The maximum Gasteiger partial charge on any atom is 0.0488 e. The summed E-state index contributed by atoms with van der Waals surface area (Å²) in [4.78, 5) is 0. The Morgan fingerprint density at radius 1 is 1.20 bits per heavy atom. The minimum Gasteiger partial charge on any atom is -0.310 e. The van der Waals surface area contributed by atoms with Crippen LogP contribution in [0.3, 0.4) is 0 Å². The minimum absolute atomic E-state index is 0.480. The van der Waals surface area contributed by atoms with Gasteiger partial charge in [-0.3, -0.25) is 0 Å². The molecule has 1 aromatic heterocycles. The van der Waals surface area contributed by atoms with Crippen LogP contribution < -0.4 is 5.32 Å². The van der Waals surface area contributed by atoms with Crippen LogP contribution in [0.15, 0.2) is 28.1 Å². The summed E-state index contributed by atoms with van der Waals surface area (Å²) in [6.45, 7) is 7.93. The van der Waals surface area contributed by atoms with E-state index in [0.29, 0.717) is 12.0 Å². The zero-order valence-corrected chi connectivity index (χ0v) is 15.0. The number of benzene rings is 1. The number of hydrogen-bond donors (Lipinski definition) is 1. The van der Waals surface area contributed by atoms with Gasteiger partial charge in [0.05, 0.1) is 0 Å². The van der Waals surface area contributed by atoms with Crippen molar-refractivity contribution in [3.8, 4) is 0 Å². The zero-order valence-electron chi connectivity index (χ0n) is 12.6. The fourth-order valence-electron chi connectivity index (χ4n) is 2.87. The van der Waals surface area contributed by atoms with Crippen molar-refractivity contribution in [1.82, 2.24) is 5.32 Å². The molecule has 1 heterocycles. The molecular formula is C17H24BrNS. The molecule has 2 aromatic rings. The molecule has 20 heavy (non-hydrogen) atoms. The van der Waals surface area contributed by atoms with Gasteiger partial charge in [-0.05, 0) is 57.2 Å². The monoisotopic (exact) mass is 353 g/mol. The van der Waals surface area contributed by atoms with E-state index in [9.17, 15) is 0 Å². The Bertz CT molecular complexity index is 545. The first kappa shape index (κ1) is 16.0. The van der Waals surface area contributed by atoms with E-state index in [1.165, 1.54) is 39.4 Å². The van der Waals surface area contributed by atoms with Crippen molar-refractivity contribution < 1.29 is 0 Å². The van der Waals surface area contributed by atoms with Crippen molar-refractivity contribution in [3.63, 3.8) is 0 Å². The average molecular weight is 354 g/mol. The Hall–Kier alpha value is -0.380. The molecule has 0 spiro atoms. The Kier molecular flexibility index (Phi) is 6.06. The second kappa shape index (κ2) is 7.58. The highest BCUT2D eigenvalue weighted by molar-refractivity contribution is 9.10.